The number of rotatable bonds is 8. The molecule has 0 spiro atoms. The van der Waals surface area contributed by atoms with Crippen LogP contribution in [0, 0.1) is 5.92 Å². The van der Waals surface area contributed by atoms with Gasteiger partial charge in [-0.05, 0) is 61.0 Å². The fourth-order valence-corrected chi connectivity index (χ4v) is 5.22. The van der Waals surface area contributed by atoms with Crippen LogP contribution in [-0.2, 0) is 5.75 Å². The molecule has 0 N–H and O–H groups in total. The van der Waals surface area contributed by atoms with E-state index in [0.717, 1.165) is 22.9 Å². The van der Waals surface area contributed by atoms with Crippen LogP contribution in [0.15, 0.2) is 77.7 Å². The first-order chi connectivity index (χ1) is 13.9. The molecule has 0 heterocycles. The molecule has 0 radical (unpaired) electrons. The number of thioether (sulfide) groups is 1. The highest BCUT2D eigenvalue weighted by Gasteiger charge is 2.22. The molecule has 3 aromatic rings. The fraction of sp³-hybridized carbons (Fsp3) is 0.280. The third-order valence-corrected chi connectivity index (χ3v) is 6.68. The summed E-state index contributed by atoms with van der Waals surface area (Å²) in [7, 11) is 4.28. The van der Waals surface area contributed by atoms with Crippen molar-refractivity contribution >= 4 is 35.0 Å². The number of hydrogen-bond donors (Lipinski definition) is 0. The van der Waals surface area contributed by atoms with Gasteiger partial charge in [0.2, 0.25) is 0 Å². The zero-order chi connectivity index (χ0) is 20.8. The number of benzene rings is 3. The van der Waals surface area contributed by atoms with Gasteiger partial charge in [0, 0.05) is 33.2 Å². The SMILES string of the molecule is CC(CN(C)C)C(c1ccccc1)c1ccc(SCc2ccc(Cl)cc2Cl)cc1. The predicted molar refractivity (Wildman–Crippen MR) is 128 cm³/mol. The summed E-state index contributed by atoms with van der Waals surface area (Å²) in [6, 6.07) is 25.5. The molecule has 0 saturated heterocycles. The molecule has 2 unspecified atom stereocenters. The van der Waals surface area contributed by atoms with E-state index in [1.165, 1.54) is 16.0 Å². The van der Waals surface area contributed by atoms with Crippen molar-refractivity contribution in [1.29, 1.82) is 0 Å². The smallest absolute Gasteiger partial charge is 0.0461 e. The largest absolute Gasteiger partial charge is 0.309 e. The average molecular weight is 444 g/mol. The Kier molecular flexibility index (Phi) is 8.08. The maximum absolute atomic E-state index is 6.30. The quantitative estimate of drug-likeness (QED) is 0.329. The monoisotopic (exact) mass is 443 g/mol. The first kappa shape index (κ1) is 22.2. The molecule has 3 rings (SSSR count). The van der Waals surface area contributed by atoms with Crippen LogP contribution in [-0.4, -0.2) is 25.5 Å². The lowest BCUT2D eigenvalue weighted by Gasteiger charge is -2.27. The molecule has 0 fully saturated rings. The zero-order valence-corrected chi connectivity index (χ0v) is 19.4. The third kappa shape index (κ3) is 6.26. The topological polar surface area (TPSA) is 3.24 Å². The van der Waals surface area contributed by atoms with E-state index in [-0.39, 0.29) is 0 Å². The van der Waals surface area contributed by atoms with Crippen molar-refractivity contribution < 1.29 is 0 Å². The lowest BCUT2D eigenvalue weighted by Crippen LogP contribution is -2.25. The summed E-state index contributed by atoms with van der Waals surface area (Å²) in [5, 5.41) is 1.40. The van der Waals surface area contributed by atoms with E-state index >= 15 is 0 Å². The molecular weight excluding hydrogens is 417 g/mol. The van der Waals surface area contributed by atoms with Gasteiger partial charge in [-0.25, -0.2) is 0 Å². The summed E-state index contributed by atoms with van der Waals surface area (Å²) in [4.78, 5) is 3.51. The second-order valence-corrected chi connectivity index (χ2v) is 9.61. The van der Waals surface area contributed by atoms with Crippen LogP contribution >= 0.6 is 35.0 Å². The second-order valence-electron chi connectivity index (χ2n) is 7.72. The Balaban J connectivity index is 1.76. The van der Waals surface area contributed by atoms with Crippen molar-refractivity contribution in [2.75, 3.05) is 20.6 Å². The van der Waals surface area contributed by atoms with Gasteiger partial charge in [0.1, 0.15) is 0 Å². The highest BCUT2D eigenvalue weighted by Crippen LogP contribution is 2.34. The van der Waals surface area contributed by atoms with E-state index in [9.17, 15) is 0 Å². The Morgan fingerprint density at radius 3 is 2.14 bits per heavy atom. The highest BCUT2D eigenvalue weighted by atomic mass is 35.5. The van der Waals surface area contributed by atoms with Crippen LogP contribution in [0.5, 0.6) is 0 Å². The van der Waals surface area contributed by atoms with E-state index in [0.29, 0.717) is 16.9 Å². The molecule has 2 atom stereocenters. The molecule has 0 aliphatic rings. The minimum absolute atomic E-state index is 0.378. The molecular formula is C25H27Cl2NS. The van der Waals surface area contributed by atoms with Gasteiger partial charge < -0.3 is 4.90 Å². The van der Waals surface area contributed by atoms with Gasteiger partial charge in [0.15, 0.2) is 0 Å². The van der Waals surface area contributed by atoms with Gasteiger partial charge in [-0.2, -0.15) is 0 Å². The van der Waals surface area contributed by atoms with Crippen molar-refractivity contribution in [3.05, 3.63) is 99.5 Å². The molecule has 29 heavy (non-hydrogen) atoms. The standard InChI is InChI=1S/C25H27Cl2NS/c1-18(16-28(2)3)25(19-7-5-4-6-8-19)20-10-13-23(14-11-20)29-17-21-9-12-22(26)15-24(21)27/h4-15,18,25H,16-17H2,1-3H3. The summed E-state index contributed by atoms with van der Waals surface area (Å²) < 4.78 is 0. The fourth-order valence-electron chi connectivity index (χ4n) is 3.76. The maximum atomic E-state index is 6.30. The lowest BCUT2D eigenvalue weighted by molar-refractivity contribution is 0.320. The Labute approximate surface area is 189 Å². The van der Waals surface area contributed by atoms with Crippen LogP contribution in [0.3, 0.4) is 0 Å². The first-order valence-electron chi connectivity index (χ1n) is 9.80. The molecule has 0 aliphatic carbocycles. The Bertz CT molecular complexity index is 910. The first-order valence-corrected chi connectivity index (χ1v) is 11.5. The number of halogens is 2. The molecule has 0 bridgehead atoms. The van der Waals surface area contributed by atoms with Gasteiger partial charge in [-0.1, -0.05) is 78.7 Å². The second kappa shape index (κ2) is 10.5. The van der Waals surface area contributed by atoms with Crippen molar-refractivity contribution in [2.45, 2.75) is 23.5 Å². The Morgan fingerprint density at radius 1 is 0.862 bits per heavy atom. The van der Waals surface area contributed by atoms with Gasteiger partial charge in [-0.3, -0.25) is 0 Å². The molecule has 152 valence electrons. The average Bonchev–Trinajstić information content (AvgIpc) is 2.69. The van der Waals surface area contributed by atoms with Crippen molar-refractivity contribution in [3.8, 4) is 0 Å². The zero-order valence-electron chi connectivity index (χ0n) is 17.1. The summed E-state index contributed by atoms with van der Waals surface area (Å²) in [6.45, 7) is 3.38. The van der Waals surface area contributed by atoms with Crippen molar-refractivity contribution in [3.63, 3.8) is 0 Å². The van der Waals surface area contributed by atoms with Crippen LogP contribution in [0.2, 0.25) is 10.0 Å². The van der Waals surface area contributed by atoms with Crippen molar-refractivity contribution in [1.82, 2.24) is 4.90 Å². The van der Waals surface area contributed by atoms with E-state index in [2.05, 4.69) is 80.5 Å². The van der Waals surface area contributed by atoms with Gasteiger partial charge >= 0.3 is 0 Å². The molecule has 4 heteroatoms. The predicted octanol–water partition coefficient (Wildman–Crippen LogP) is 7.62. The summed E-state index contributed by atoms with van der Waals surface area (Å²) in [6.07, 6.45) is 0. The van der Waals surface area contributed by atoms with E-state index in [4.69, 9.17) is 23.2 Å². The van der Waals surface area contributed by atoms with Crippen LogP contribution in [0.25, 0.3) is 0 Å². The molecule has 1 nitrogen and oxygen atoms in total. The number of hydrogen-bond acceptors (Lipinski definition) is 2. The minimum atomic E-state index is 0.378. The van der Waals surface area contributed by atoms with E-state index < -0.39 is 0 Å². The summed E-state index contributed by atoms with van der Waals surface area (Å²) in [5.74, 6) is 1.72. The normalized spacial score (nSPS) is 13.4. The van der Waals surface area contributed by atoms with Crippen LogP contribution in [0.1, 0.15) is 29.5 Å². The van der Waals surface area contributed by atoms with E-state index in [1.54, 1.807) is 17.8 Å². The molecule has 0 saturated carbocycles. The Morgan fingerprint density at radius 2 is 1.52 bits per heavy atom. The van der Waals surface area contributed by atoms with Crippen LogP contribution < -0.4 is 0 Å². The minimum Gasteiger partial charge on any atom is -0.309 e. The third-order valence-electron chi connectivity index (χ3n) is 5.03. The Hall–Kier alpha value is -1.45. The van der Waals surface area contributed by atoms with Gasteiger partial charge in [0.05, 0.1) is 0 Å². The number of nitrogens with zero attached hydrogens (tertiary/aromatic N) is 1. The van der Waals surface area contributed by atoms with E-state index in [1.807, 2.05) is 12.1 Å². The molecule has 0 aromatic heterocycles. The maximum Gasteiger partial charge on any atom is 0.0461 e. The van der Waals surface area contributed by atoms with Gasteiger partial charge in [0.25, 0.3) is 0 Å². The summed E-state index contributed by atoms with van der Waals surface area (Å²) in [5.41, 5.74) is 3.83. The van der Waals surface area contributed by atoms with Crippen molar-refractivity contribution in [2.24, 2.45) is 5.92 Å². The van der Waals surface area contributed by atoms with Gasteiger partial charge in [-0.15, -0.1) is 11.8 Å². The summed E-state index contributed by atoms with van der Waals surface area (Å²) >= 11 is 14.1. The highest BCUT2D eigenvalue weighted by molar-refractivity contribution is 7.98. The molecule has 3 aromatic carbocycles. The lowest BCUT2D eigenvalue weighted by atomic mass is 9.81. The molecule has 0 amide bonds. The molecule has 0 aliphatic heterocycles. The van der Waals surface area contributed by atoms with Crippen LogP contribution in [0.4, 0.5) is 0 Å².